The van der Waals surface area contributed by atoms with Gasteiger partial charge in [-0.15, -0.1) is 0 Å². The lowest BCUT2D eigenvalue weighted by atomic mass is 10.0. The third kappa shape index (κ3) is 6.17. The molecular weight excluding hydrogens is 295 g/mol. The Morgan fingerprint density at radius 1 is 1.29 bits per heavy atom. The fraction of sp³-hybridized carbons (Fsp3) is 0.818. The van der Waals surface area contributed by atoms with E-state index in [1.807, 2.05) is 0 Å². The molecule has 0 aromatic heterocycles. The maximum atomic E-state index is 12.7. The number of nitrogens with zero attached hydrogens (tertiary/aromatic N) is 1. The number of ether oxygens (including phenoxy) is 1. The molecule has 124 valence electrons. The molecule has 0 aromatic rings. The molecule has 0 saturated heterocycles. The van der Waals surface area contributed by atoms with Gasteiger partial charge in [0.15, 0.2) is 0 Å². The monoisotopic (exact) mass is 315 g/mol. The first-order chi connectivity index (χ1) is 9.54. The van der Waals surface area contributed by atoms with Crippen LogP contribution in [0.15, 0.2) is 0 Å². The molecule has 0 fully saturated rings. The van der Waals surface area contributed by atoms with Gasteiger partial charge in [-0.1, -0.05) is 0 Å². The summed E-state index contributed by atoms with van der Waals surface area (Å²) in [4.78, 5) is 23.9. The second-order valence-electron chi connectivity index (χ2n) is 4.60. The molecule has 0 bridgehead atoms. The van der Waals surface area contributed by atoms with Crippen molar-refractivity contribution in [2.75, 3.05) is 40.4 Å². The van der Waals surface area contributed by atoms with Crippen LogP contribution in [0, 0.1) is 0 Å². The molecule has 1 atom stereocenters. The Balaban J connectivity index is 4.33. The summed E-state index contributed by atoms with van der Waals surface area (Å²) in [6.45, 7) is 1.91. The predicted octanol–water partition coefficient (Wildman–Crippen LogP) is 0.269. The van der Waals surface area contributed by atoms with Crippen LogP contribution in [0.5, 0.6) is 0 Å². The largest absolute Gasteiger partial charge is 0.479 e. The summed E-state index contributed by atoms with van der Waals surface area (Å²) in [5.74, 6) is -2.18. The van der Waals surface area contributed by atoms with Gasteiger partial charge in [-0.3, -0.25) is 0 Å². The van der Waals surface area contributed by atoms with Gasteiger partial charge < -0.3 is 25.4 Å². The van der Waals surface area contributed by atoms with Crippen LogP contribution < -0.4 is 10.6 Å². The second-order valence-corrected chi connectivity index (χ2v) is 4.60. The zero-order valence-electron chi connectivity index (χ0n) is 12.1. The Morgan fingerprint density at radius 2 is 1.86 bits per heavy atom. The lowest BCUT2D eigenvalue weighted by Gasteiger charge is -2.28. The number of carbonyl (C=O) groups is 2. The van der Waals surface area contributed by atoms with E-state index in [0.717, 1.165) is 0 Å². The third-order valence-electron chi connectivity index (χ3n) is 2.81. The predicted molar refractivity (Wildman–Crippen MR) is 68.0 cm³/mol. The zero-order valence-corrected chi connectivity index (χ0v) is 12.1. The number of carboxylic acids is 1. The Labute approximate surface area is 120 Å². The maximum Gasteiger partial charge on any atom is 0.422 e. The number of hydrogen-bond acceptors (Lipinski definition) is 4. The van der Waals surface area contributed by atoms with Crippen molar-refractivity contribution in [3.8, 4) is 0 Å². The SMILES string of the molecule is COCCN(C)CCNC(=O)NC(C)(C(=O)O)C(F)(F)F. The van der Waals surface area contributed by atoms with Crippen molar-refractivity contribution in [3.05, 3.63) is 0 Å². The molecule has 7 nitrogen and oxygen atoms in total. The summed E-state index contributed by atoms with van der Waals surface area (Å²) in [5, 5.41) is 12.3. The first-order valence-corrected chi connectivity index (χ1v) is 6.08. The summed E-state index contributed by atoms with van der Waals surface area (Å²) < 4.78 is 42.8. The molecule has 21 heavy (non-hydrogen) atoms. The second kappa shape index (κ2) is 8.03. The average molecular weight is 315 g/mol. The highest BCUT2D eigenvalue weighted by atomic mass is 19.4. The van der Waals surface area contributed by atoms with Gasteiger partial charge in [0.05, 0.1) is 6.61 Å². The standard InChI is InChI=1S/C11H20F3N3O4/c1-10(8(18)19,11(12,13)14)16-9(20)15-4-5-17(2)6-7-21-3/h4-7H2,1-3H3,(H,18,19)(H2,15,16,20). The van der Waals surface area contributed by atoms with Crippen LogP contribution in [0.3, 0.4) is 0 Å². The molecule has 10 heteroatoms. The van der Waals surface area contributed by atoms with Gasteiger partial charge in [0, 0.05) is 26.7 Å². The lowest BCUT2D eigenvalue weighted by molar-refractivity contribution is -0.203. The highest BCUT2D eigenvalue weighted by Gasteiger charge is 2.58. The average Bonchev–Trinajstić information content (AvgIpc) is 2.34. The van der Waals surface area contributed by atoms with Gasteiger partial charge in [0.1, 0.15) is 0 Å². The number of urea groups is 1. The number of rotatable bonds is 8. The van der Waals surface area contributed by atoms with Crippen LogP contribution in [-0.2, 0) is 9.53 Å². The van der Waals surface area contributed by atoms with E-state index in [0.29, 0.717) is 26.6 Å². The van der Waals surface area contributed by atoms with Crippen molar-refractivity contribution in [3.63, 3.8) is 0 Å². The van der Waals surface area contributed by atoms with E-state index in [1.165, 1.54) is 12.4 Å². The number of likely N-dealkylation sites (N-methyl/N-ethyl adjacent to an activating group) is 1. The van der Waals surface area contributed by atoms with E-state index >= 15 is 0 Å². The van der Waals surface area contributed by atoms with Crippen LogP contribution in [0.25, 0.3) is 0 Å². The van der Waals surface area contributed by atoms with E-state index in [2.05, 4.69) is 5.32 Å². The van der Waals surface area contributed by atoms with Crippen molar-refractivity contribution in [1.82, 2.24) is 15.5 Å². The van der Waals surface area contributed by atoms with E-state index in [1.54, 1.807) is 11.9 Å². The number of carboxylic acid groups (broad SMARTS) is 1. The normalized spacial score (nSPS) is 14.6. The number of nitrogens with one attached hydrogen (secondary N) is 2. The summed E-state index contributed by atoms with van der Waals surface area (Å²) in [5.41, 5.74) is -3.33. The zero-order chi connectivity index (χ0) is 16.7. The lowest BCUT2D eigenvalue weighted by Crippen LogP contribution is -2.63. The van der Waals surface area contributed by atoms with E-state index in [4.69, 9.17) is 9.84 Å². The molecule has 0 aliphatic rings. The van der Waals surface area contributed by atoms with Crippen molar-refractivity contribution < 1.29 is 32.6 Å². The summed E-state index contributed by atoms with van der Waals surface area (Å²) in [6.07, 6.45) is -5.11. The third-order valence-corrected chi connectivity index (χ3v) is 2.81. The van der Waals surface area contributed by atoms with Crippen LogP contribution >= 0.6 is 0 Å². The molecule has 1 unspecified atom stereocenters. The molecule has 0 heterocycles. The number of halogens is 3. The fourth-order valence-electron chi connectivity index (χ4n) is 1.24. The molecule has 0 spiro atoms. The van der Waals surface area contributed by atoms with Crippen molar-refractivity contribution in [2.24, 2.45) is 0 Å². The minimum atomic E-state index is -5.11. The Bertz CT molecular complexity index is 365. The first-order valence-electron chi connectivity index (χ1n) is 6.08. The van der Waals surface area contributed by atoms with Gasteiger partial charge in [0.2, 0.25) is 5.54 Å². The summed E-state index contributed by atoms with van der Waals surface area (Å²) >= 11 is 0. The molecule has 0 aliphatic carbocycles. The molecule has 0 rings (SSSR count). The molecule has 3 N–H and O–H groups in total. The minimum Gasteiger partial charge on any atom is -0.479 e. The molecule has 0 saturated carbocycles. The van der Waals surface area contributed by atoms with E-state index in [9.17, 15) is 22.8 Å². The van der Waals surface area contributed by atoms with Gasteiger partial charge in [-0.2, -0.15) is 13.2 Å². The minimum absolute atomic E-state index is 0.0691. The molecule has 0 radical (unpaired) electrons. The Hall–Kier alpha value is -1.55. The Morgan fingerprint density at radius 3 is 2.29 bits per heavy atom. The highest BCUT2D eigenvalue weighted by Crippen LogP contribution is 2.30. The quantitative estimate of drug-likeness (QED) is 0.598. The molecular formula is C11H20F3N3O4. The maximum absolute atomic E-state index is 12.7. The smallest absolute Gasteiger partial charge is 0.422 e. The summed E-state index contributed by atoms with van der Waals surface area (Å²) in [7, 11) is 3.28. The van der Waals surface area contributed by atoms with E-state index < -0.39 is 23.7 Å². The molecule has 0 aromatic carbocycles. The first kappa shape index (κ1) is 19.4. The van der Waals surface area contributed by atoms with Crippen molar-refractivity contribution in [2.45, 2.75) is 18.6 Å². The van der Waals surface area contributed by atoms with Crippen LogP contribution in [0.4, 0.5) is 18.0 Å². The number of methoxy groups -OCH3 is 1. The topological polar surface area (TPSA) is 90.9 Å². The number of amides is 2. The fourth-order valence-corrected chi connectivity index (χ4v) is 1.24. The van der Waals surface area contributed by atoms with Crippen LogP contribution in [0.1, 0.15) is 6.92 Å². The van der Waals surface area contributed by atoms with Crippen molar-refractivity contribution in [1.29, 1.82) is 0 Å². The number of carbonyl (C=O) groups excluding carboxylic acids is 1. The Kier molecular flexibility index (Phi) is 7.44. The van der Waals surface area contributed by atoms with Gasteiger partial charge in [-0.05, 0) is 14.0 Å². The molecule has 0 aliphatic heterocycles. The summed E-state index contributed by atoms with van der Waals surface area (Å²) in [6, 6.07) is -1.20. The van der Waals surface area contributed by atoms with Gasteiger partial charge in [0.25, 0.3) is 0 Å². The van der Waals surface area contributed by atoms with E-state index in [-0.39, 0.29) is 6.54 Å². The van der Waals surface area contributed by atoms with Crippen molar-refractivity contribution >= 4 is 12.0 Å². The number of alkyl halides is 3. The number of hydrogen-bond donors (Lipinski definition) is 3. The number of aliphatic carboxylic acids is 1. The van der Waals surface area contributed by atoms with Gasteiger partial charge in [-0.25, -0.2) is 9.59 Å². The highest BCUT2D eigenvalue weighted by molar-refractivity contribution is 5.86. The molecule has 2 amide bonds. The van der Waals surface area contributed by atoms with Crippen LogP contribution in [-0.4, -0.2) is 74.1 Å². The van der Waals surface area contributed by atoms with Gasteiger partial charge >= 0.3 is 18.2 Å². The van der Waals surface area contributed by atoms with Crippen LogP contribution in [0.2, 0.25) is 0 Å².